The summed E-state index contributed by atoms with van der Waals surface area (Å²) < 4.78 is 4.70. The lowest BCUT2D eigenvalue weighted by atomic mass is 10.1. The van der Waals surface area contributed by atoms with Gasteiger partial charge in [0.15, 0.2) is 0 Å². The summed E-state index contributed by atoms with van der Waals surface area (Å²) >= 11 is 0. The van der Waals surface area contributed by atoms with Crippen LogP contribution in [0.15, 0.2) is 18.3 Å². The molecule has 16 heavy (non-hydrogen) atoms. The number of hydrogen-bond donors (Lipinski definition) is 1. The molecule has 0 amide bonds. The van der Waals surface area contributed by atoms with Crippen molar-refractivity contribution < 1.29 is 9.53 Å². The largest absolute Gasteiger partial charge is 0.465 e. The van der Waals surface area contributed by atoms with E-state index in [1.165, 1.54) is 7.11 Å². The van der Waals surface area contributed by atoms with Gasteiger partial charge in [0.25, 0.3) is 0 Å². The van der Waals surface area contributed by atoms with Crippen molar-refractivity contribution in [2.75, 3.05) is 12.4 Å². The molecule has 1 rings (SSSR count). The molecule has 1 aromatic rings. The Hall–Kier alpha value is -1.58. The first kappa shape index (κ1) is 12.5. The Morgan fingerprint density at radius 3 is 2.69 bits per heavy atom. The van der Waals surface area contributed by atoms with Crippen molar-refractivity contribution in [1.82, 2.24) is 4.98 Å². The van der Waals surface area contributed by atoms with E-state index in [1.54, 1.807) is 18.3 Å². The molecule has 4 heteroatoms. The van der Waals surface area contributed by atoms with E-state index >= 15 is 0 Å². The Balaban J connectivity index is 2.91. The molecule has 0 bridgehead atoms. The third-order valence-corrected chi connectivity index (χ3v) is 2.58. The highest BCUT2D eigenvalue weighted by atomic mass is 16.5. The molecular formula is C12H18N2O2. The van der Waals surface area contributed by atoms with Crippen LogP contribution < -0.4 is 5.32 Å². The Morgan fingerprint density at radius 1 is 1.44 bits per heavy atom. The van der Waals surface area contributed by atoms with Gasteiger partial charge in [-0.2, -0.15) is 0 Å². The maximum atomic E-state index is 11.5. The molecule has 1 N–H and O–H groups in total. The molecule has 0 spiro atoms. The minimum absolute atomic E-state index is 0.248. The molecule has 0 aromatic carbocycles. The van der Waals surface area contributed by atoms with Crippen LogP contribution in [0, 0.1) is 5.92 Å². The van der Waals surface area contributed by atoms with Crippen LogP contribution >= 0.6 is 0 Å². The number of esters is 1. The highest BCUT2D eigenvalue weighted by molar-refractivity contribution is 5.94. The van der Waals surface area contributed by atoms with Crippen molar-refractivity contribution >= 4 is 11.8 Å². The molecule has 0 fully saturated rings. The van der Waals surface area contributed by atoms with E-state index < -0.39 is 0 Å². The predicted octanol–water partition coefficient (Wildman–Crippen LogP) is 2.32. The molecule has 0 aliphatic carbocycles. The molecule has 4 nitrogen and oxygen atoms in total. The topological polar surface area (TPSA) is 51.2 Å². The van der Waals surface area contributed by atoms with Gasteiger partial charge in [0.05, 0.1) is 7.11 Å². The van der Waals surface area contributed by atoms with Gasteiger partial charge in [-0.15, -0.1) is 0 Å². The van der Waals surface area contributed by atoms with Crippen LogP contribution in [-0.2, 0) is 4.74 Å². The molecule has 1 aromatic heterocycles. The van der Waals surface area contributed by atoms with Crippen LogP contribution in [0.4, 0.5) is 5.82 Å². The second kappa shape index (κ2) is 5.49. The molecule has 1 heterocycles. The number of methoxy groups -OCH3 is 1. The summed E-state index contributed by atoms with van der Waals surface area (Å²) in [6.07, 6.45) is 1.65. The minimum atomic E-state index is -0.369. The van der Waals surface area contributed by atoms with E-state index in [9.17, 15) is 4.79 Å². The van der Waals surface area contributed by atoms with Gasteiger partial charge >= 0.3 is 5.97 Å². The number of nitrogens with one attached hydrogen (secondary N) is 1. The van der Waals surface area contributed by atoms with Crippen LogP contribution in [0.25, 0.3) is 0 Å². The predicted molar refractivity (Wildman–Crippen MR) is 63.5 cm³/mol. The molecule has 88 valence electrons. The molecule has 1 atom stereocenters. The Bertz CT molecular complexity index is 364. The third-order valence-electron chi connectivity index (χ3n) is 2.58. The summed E-state index contributed by atoms with van der Waals surface area (Å²) in [4.78, 5) is 15.6. The zero-order chi connectivity index (χ0) is 12.1. The van der Waals surface area contributed by atoms with Gasteiger partial charge in [0.1, 0.15) is 11.4 Å². The zero-order valence-electron chi connectivity index (χ0n) is 10.2. The molecule has 0 saturated heterocycles. The molecule has 1 unspecified atom stereocenters. The molecule has 0 saturated carbocycles. The van der Waals surface area contributed by atoms with Gasteiger partial charge in [-0.05, 0) is 25.0 Å². The van der Waals surface area contributed by atoms with Crippen LogP contribution in [0.3, 0.4) is 0 Å². The van der Waals surface area contributed by atoms with Crippen LogP contribution in [0.1, 0.15) is 31.1 Å². The average molecular weight is 222 g/mol. The number of carbonyl (C=O) groups is 1. The normalized spacial score (nSPS) is 12.3. The third kappa shape index (κ3) is 2.95. The van der Waals surface area contributed by atoms with Crippen LogP contribution in [0.5, 0.6) is 0 Å². The molecular weight excluding hydrogens is 204 g/mol. The van der Waals surface area contributed by atoms with E-state index in [1.807, 2.05) is 0 Å². The lowest BCUT2D eigenvalue weighted by Crippen LogP contribution is -2.23. The summed E-state index contributed by atoms with van der Waals surface area (Å²) in [7, 11) is 1.37. The quantitative estimate of drug-likeness (QED) is 0.794. The summed E-state index contributed by atoms with van der Waals surface area (Å²) in [5.41, 5.74) is 0.470. The van der Waals surface area contributed by atoms with Gasteiger partial charge < -0.3 is 10.1 Å². The van der Waals surface area contributed by atoms with E-state index in [4.69, 9.17) is 4.74 Å². The Morgan fingerprint density at radius 2 is 2.12 bits per heavy atom. The van der Waals surface area contributed by atoms with E-state index in [2.05, 4.69) is 31.1 Å². The number of nitrogens with zero attached hydrogens (tertiary/aromatic N) is 1. The van der Waals surface area contributed by atoms with E-state index in [0.717, 1.165) is 0 Å². The summed E-state index contributed by atoms with van der Waals surface area (Å²) in [5, 5.41) is 3.21. The number of rotatable bonds is 4. The maximum Gasteiger partial charge on any atom is 0.341 e. The van der Waals surface area contributed by atoms with Crippen LogP contribution in [-0.4, -0.2) is 24.1 Å². The summed E-state index contributed by atoms with van der Waals surface area (Å²) in [6, 6.07) is 3.67. The van der Waals surface area contributed by atoms with Crippen molar-refractivity contribution in [3.63, 3.8) is 0 Å². The first-order valence-corrected chi connectivity index (χ1v) is 5.36. The van der Waals surface area contributed by atoms with Gasteiger partial charge in [-0.25, -0.2) is 9.78 Å². The molecule has 0 radical (unpaired) electrons. The fourth-order valence-electron chi connectivity index (χ4n) is 1.18. The van der Waals surface area contributed by atoms with Crippen molar-refractivity contribution in [3.05, 3.63) is 23.9 Å². The number of hydrogen-bond acceptors (Lipinski definition) is 4. The van der Waals surface area contributed by atoms with Crippen LogP contribution in [0.2, 0.25) is 0 Å². The van der Waals surface area contributed by atoms with Crippen molar-refractivity contribution in [2.24, 2.45) is 5.92 Å². The highest BCUT2D eigenvalue weighted by Crippen LogP contribution is 2.15. The number of ether oxygens (including phenoxy) is 1. The molecule has 0 aliphatic rings. The highest BCUT2D eigenvalue weighted by Gasteiger charge is 2.15. The lowest BCUT2D eigenvalue weighted by Gasteiger charge is -2.19. The average Bonchev–Trinajstić information content (AvgIpc) is 2.28. The number of carbonyl (C=O) groups excluding carboxylic acids is 1. The van der Waals surface area contributed by atoms with E-state index in [0.29, 0.717) is 17.3 Å². The van der Waals surface area contributed by atoms with Crippen molar-refractivity contribution in [1.29, 1.82) is 0 Å². The van der Waals surface area contributed by atoms with Crippen molar-refractivity contribution in [3.8, 4) is 0 Å². The molecule has 0 aliphatic heterocycles. The summed E-state index contributed by atoms with van der Waals surface area (Å²) in [5.74, 6) is 0.676. The monoisotopic (exact) mass is 222 g/mol. The van der Waals surface area contributed by atoms with Gasteiger partial charge in [0, 0.05) is 12.2 Å². The number of pyridine rings is 1. The van der Waals surface area contributed by atoms with Gasteiger partial charge in [-0.3, -0.25) is 0 Å². The minimum Gasteiger partial charge on any atom is -0.465 e. The standard InChI is InChI=1S/C12H18N2O2/c1-8(2)9(3)14-11-10(12(15)16-4)6-5-7-13-11/h5-9H,1-4H3,(H,13,14). The van der Waals surface area contributed by atoms with Gasteiger partial charge in [0.2, 0.25) is 0 Å². The zero-order valence-corrected chi connectivity index (χ0v) is 10.2. The first-order valence-electron chi connectivity index (χ1n) is 5.36. The number of anilines is 1. The SMILES string of the molecule is COC(=O)c1cccnc1NC(C)C(C)C. The Labute approximate surface area is 96.0 Å². The lowest BCUT2D eigenvalue weighted by molar-refractivity contribution is 0.0601. The maximum absolute atomic E-state index is 11.5. The second-order valence-electron chi connectivity index (χ2n) is 4.07. The van der Waals surface area contributed by atoms with Crippen molar-refractivity contribution in [2.45, 2.75) is 26.8 Å². The fraction of sp³-hybridized carbons (Fsp3) is 0.500. The van der Waals surface area contributed by atoms with E-state index in [-0.39, 0.29) is 12.0 Å². The smallest absolute Gasteiger partial charge is 0.341 e. The fourth-order valence-corrected chi connectivity index (χ4v) is 1.18. The van der Waals surface area contributed by atoms with Gasteiger partial charge in [-0.1, -0.05) is 13.8 Å². The number of aromatic nitrogens is 1. The second-order valence-corrected chi connectivity index (χ2v) is 4.07. The Kier molecular flexibility index (Phi) is 4.28. The first-order chi connectivity index (χ1) is 7.56. The summed E-state index contributed by atoms with van der Waals surface area (Å²) in [6.45, 7) is 6.28.